The lowest BCUT2D eigenvalue weighted by Crippen LogP contribution is -2.36. The molecule has 1 aliphatic rings. The van der Waals surface area contributed by atoms with Gasteiger partial charge in [0.2, 0.25) is 0 Å². The van der Waals surface area contributed by atoms with Gasteiger partial charge in [-0.15, -0.1) is 0 Å². The van der Waals surface area contributed by atoms with E-state index in [-0.39, 0.29) is 5.75 Å². The van der Waals surface area contributed by atoms with E-state index in [4.69, 9.17) is 0 Å². The largest absolute Gasteiger partial charge is 0.313 e. The average molecular weight is 251 g/mol. The molecule has 15 heavy (non-hydrogen) atoms. The van der Waals surface area contributed by atoms with Crippen molar-refractivity contribution in [2.75, 3.05) is 24.8 Å². The first-order valence-corrected chi connectivity index (χ1v) is 8.80. The van der Waals surface area contributed by atoms with Crippen molar-refractivity contribution in [3.05, 3.63) is 0 Å². The van der Waals surface area contributed by atoms with Crippen LogP contribution in [0.5, 0.6) is 0 Å². The molecule has 0 radical (unpaired) electrons. The molecule has 1 rings (SSSR count). The maximum atomic E-state index is 10.9. The monoisotopic (exact) mass is 251 g/mol. The summed E-state index contributed by atoms with van der Waals surface area (Å²) in [6.07, 6.45) is 8.36. The number of hydrogen-bond donors (Lipinski definition) is 1. The number of hydrogen-bond acceptors (Lipinski definition) is 4. The van der Waals surface area contributed by atoms with Crippen LogP contribution in [0.3, 0.4) is 0 Å². The number of rotatable bonds is 5. The Hall–Kier alpha value is 0.260. The Morgan fingerprint density at radius 2 is 1.87 bits per heavy atom. The van der Waals surface area contributed by atoms with Crippen molar-refractivity contribution in [3.8, 4) is 0 Å². The second-order valence-electron chi connectivity index (χ2n) is 4.29. The Balaban J connectivity index is 2.14. The fraction of sp³-hybridized carbons (Fsp3) is 1.00. The minimum absolute atomic E-state index is 0.259. The van der Waals surface area contributed by atoms with E-state index >= 15 is 0 Å². The smallest absolute Gasteiger partial charge is 0.148 e. The molecule has 0 amide bonds. The summed E-state index contributed by atoms with van der Waals surface area (Å²) in [5.74, 6) is 0.259. The van der Waals surface area contributed by atoms with E-state index in [0.717, 1.165) is 5.25 Å². The highest BCUT2D eigenvalue weighted by Gasteiger charge is 2.19. The van der Waals surface area contributed by atoms with Gasteiger partial charge in [0.1, 0.15) is 9.84 Å². The third-order valence-electron chi connectivity index (χ3n) is 2.91. The Labute approximate surface area is 97.3 Å². The van der Waals surface area contributed by atoms with Crippen LogP contribution in [0.2, 0.25) is 0 Å². The second kappa shape index (κ2) is 6.11. The minimum Gasteiger partial charge on any atom is -0.313 e. The Morgan fingerprint density at radius 3 is 2.33 bits per heavy atom. The van der Waals surface area contributed by atoms with Crippen LogP contribution < -0.4 is 5.32 Å². The van der Waals surface area contributed by atoms with Gasteiger partial charge < -0.3 is 5.32 Å². The summed E-state index contributed by atoms with van der Waals surface area (Å²) in [5.41, 5.74) is 0. The number of nitrogens with one attached hydrogen (secondary N) is 1. The van der Waals surface area contributed by atoms with Crippen LogP contribution in [0, 0.1) is 0 Å². The van der Waals surface area contributed by atoms with E-state index in [1.807, 2.05) is 11.8 Å². The van der Waals surface area contributed by atoms with Gasteiger partial charge >= 0.3 is 0 Å². The molecule has 0 aromatic heterocycles. The van der Waals surface area contributed by atoms with Gasteiger partial charge in [-0.1, -0.05) is 0 Å². The molecule has 1 fully saturated rings. The van der Waals surface area contributed by atoms with E-state index in [9.17, 15) is 8.42 Å². The van der Waals surface area contributed by atoms with Crippen LogP contribution in [0.4, 0.5) is 0 Å². The lowest BCUT2D eigenvalue weighted by atomic mass is 9.95. The Morgan fingerprint density at radius 1 is 1.27 bits per heavy atom. The first-order chi connectivity index (χ1) is 7.01. The summed E-state index contributed by atoms with van der Waals surface area (Å²) in [7, 11) is -2.81. The van der Waals surface area contributed by atoms with E-state index in [1.54, 1.807) is 0 Å². The second-order valence-corrected chi connectivity index (χ2v) is 7.69. The Kier molecular flexibility index (Phi) is 5.43. The number of thioether (sulfide) groups is 1. The van der Waals surface area contributed by atoms with Gasteiger partial charge in [-0.25, -0.2) is 8.42 Å². The van der Waals surface area contributed by atoms with Crippen LogP contribution in [-0.2, 0) is 9.84 Å². The zero-order valence-corrected chi connectivity index (χ0v) is 11.2. The zero-order chi connectivity index (χ0) is 11.3. The van der Waals surface area contributed by atoms with Crippen molar-refractivity contribution < 1.29 is 8.42 Å². The summed E-state index contributed by atoms with van der Waals surface area (Å²) in [6.45, 7) is 0.605. The highest BCUT2D eigenvalue weighted by atomic mass is 32.2. The lowest BCUT2D eigenvalue weighted by molar-refractivity contribution is 0.387. The van der Waals surface area contributed by atoms with Crippen molar-refractivity contribution in [1.29, 1.82) is 0 Å². The van der Waals surface area contributed by atoms with Gasteiger partial charge in [0.25, 0.3) is 0 Å². The van der Waals surface area contributed by atoms with Crippen molar-refractivity contribution >= 4 is 21.6 Å². The average Bonchev–Trinajstić information content (AvgIpc) is 2.17. The van der Waals surface area contributed by atoms with Crippen LogP contribution >= 0.6 is 11.8 Å². The van der Waals surface area contributed by atoms with Gasteiger partial charge in [-0.3, -0.25) is 0 Å². The summed E-state index contributed by atoms with van der Waals surface area (Å²) >= 11 is 1.95. The highest BCUT2D eigenvalue weighted by molar-refractivity contribution is 7.99. The molecule has 0 heterocycles. The van der Waals surface area contributed by atoms with E-state index in [1.165, 1.54) is 31.9 Å². The molecule has 0 unspecified atom stereocenters. The van der Waals surface area contributed by atoms with Crippen molar-refractivity contribution in [1.82, 2.24) is 5.32 Å². The molecule has 90 valence electrons. The quantitative estimate of drug-likeness (QED) is 0.800. The molecular formula is C10H21NO2S2. The maximum absolute atomic E-state index is 10.9. The van der Waals surface area contributed by atoms with Crippen LogP contribution in [0.15, 0.2) is 0 Å². The topological polar surface area (TPSA) is 46.2 Å². The van der Waals surface area contributed by atoms with Gasteiger partial charge in [-0.2, -0.15) is 11.8 Å². The molecule has 3 nitrogen and oxygen atoms in total. The van der Waals surface area contributed by atoms with Crippen LogP contribution in [-0.4, -0.2) is 44.5 Å². The highest BCUT2D eigenvalue weighted by Crippen LogP contribution is 2.26. The SMILES string of the molecule is CSC1CCC(NCCS(C)(=O)=O)CC1. The maximum Gasteiger partial charge on any atom is 0.148 e. The van der Waals surface area contributed by atoms with Gasteiger partial charge in [0, 0.05) is 24.1 Å². The zero-order valence-electron chi connectivity index (χ0n) is 9.53. The molecule has 0 aliphatic heterocycles. The van der Waals surface area contributed by atoms with Crippen molar-refractivity contribution in [2.45, 2.75) is 37.0 Å². The third kappa shape index (κ3) is 5.78. The third-order valence-corrected chi connectivity index (χ3v) is 5.00. The van der Waals surface area contributed by atoms with E-state index < -0.39 is 9.84 Å². The van der Waals surface area contributed by atoms with Gasteiger partial charge in [0.05, 0.1) is 5.75 Å². The Bertz CT molecular complexity index is 269. The summed E-state index contributed by atoms with van der Waals surface area (Å²) in [4.78, 5) is 0. The molecule has 0 bridgehead atoms. The molecule has 0 aromatic rings. The molecule has 1 saturated carbocycles. The van der Waals surface area contributed by atoms with E-state index in [2.05, 4.69) is 11.6 Å². The normalized spacial score (nSPS) is 27.9. The molecule has 0 aromatic carbocycles. The molecule has 1 aliphatic carbocycles. The fourth-order valence-electron chi connectivity index (χ4n) is 1.95. The van der Waals surface area contributed by atoms with Crippen molar-refractivity contribution in [3.63, 3.8) is 0 Å². The summed E-state index contributed by atoms with van der Waals surface area (Å²) in [6, 6.07) is 0.537. The molecule has 1 N–H and O–H groups in total. The lowest BCUT2D eigenvalue weighted by Gasteiger charge is -2.28. The first-order valence-electron chi connectivity index (χ1n) is 5.45. The number of sulfone groups is 1. The molecule has 0 saturated heterocycles. The molecular weight excluding hydrogens is 230 g/mol. The first kappa shape index (κ1) is 13.3. The minimum atomic E-state index is -2.81. The summed E-state index contributed by atoms with van der Waals surface area (Å²) in [5, 5.41) is 4.15. The predicted octanol–water partition coefficient (Wildman–Crippen LogP) is 1.29. The fourth-order valence-corrected chi connectivity index (χ4v) is 3.18. The van der Waals surface area contributed by atoms with Crippen LogP contribution in [0.1, 0.15) is 25.7 Å². The van der Waals surface area contributed by atoms with Gasteiger partial charge in [-0.05, 0) is 31.9 Å². The molecule has 5 heteroatoms. The van der Waals surface area contributed by atoms with Gasteiger partial charge in [0.15, 0.2) is 0 Å². The molecule has 0 atom stereocenters. The van der Waals surface area contributed by atoms with E-state index in [0.29, 0.717) is 12.6 Å². The van der Waals surface area contributed by atoms with Crippen LogP contribution in [0.25, 0.3) is 0 Å². The predicted molar refractivity (Wildman–Crippen MR) is 67.3 cm³/mol. The van der Waals surface area contributed by atoms with Crippen molar-refractivity contribution in [2.24, 2.45) is 0 Å². The molecule has 0 spiro atoms. The standard InChI is InChI=1S/C10H21NO2S2/c1-14-10-5-3-9(4-6-10)11-7-8-15(2,12)13/h9-11H,3-8H2,1-2H3. The summed E-state index contributed by atoms with van der Waals surface area (Å²) < 4.78 is 21.9.